The number of ether oxygens (including phenoxy) is 3. The van der Waals surface area contributed by atoms with Gasteiger partial charge in [0.25, 0.3) is 0 Å². The molecule has 0 saturated heterocycles. The van der Waals surface area contributed by atoms with Crippen molar-refractivity contribution in [1.82, 2.24) is 9.88 Å². The number of carbonyl (C=O) groups is 1. The second-order valence-electron chi connectivity index (χ2n) is 7.60. The lowest BCUT2D eigenvalue weighted by molar-refractivity contribution is -0.119. The average Bonchev–Trinajstić information content (AvgIpc) is 3.33. The van der Waals surface area contributed by atoms with Gasteiger partial charge in [-0.2, -0.15) is 0 Å². The summed E-state index contributed by atoms with van der Waals surface area (Å²) in [6.07, 6.45) is 1.68. The predicted octanol–water partition coefficient (Wildman–Crippen LogP) is 5.79. The molecule has 3 aromatic rings. The number of hydrogen-bond donors (Lipinski definition) is 0. The van der Waals surface area contributed by atoms with Crippen molar-refractivity contribution >= 4 is 45.6 Å². The van der Waals surface area contributed by atoms with Crippen LogP contribution in [0.15, 0.2) is 48.4 Å². The van der Waals surface area contributed by atoms with Crippen LogP contribution in [0.1, 0.15) is 5.56 Å². The van der Waals surface area contributed by atoms with Gasteiger partial charge in [-0.25, -0.2) is 4.98 Å². The predicted molar refractivity (Wildman–Crippen MR) is 143 cm³/mol. The maximum Gasteiger partial charge on any atom is 0.243 e. The molecule has 2 aromatic carbocycles. The molecule has 0 atom stereocenters. The molecule has 35 heavy (non-hydrogen) atoms. The van der Waals surface area contributed by atoms with E-state index in [2.05, 4.69) is 11.6 Å². The van der Waals surface area contributed by atoms with Crippen LogP contribution >= 0.6 is 34.5 Å². The maximum atomic E-state index is 13.2. The van der Waals surface area contributed by atoms with E-state index < -0.39 is 0 Å². The first-order valence-electron chi connectivity index (χ1n) is 10.6. The van der Waals surface area contributed by atoms with Gasteiger partial charge in [-0.1, -0.05) is 41.4 Å². The normalized spacial score (nSPS) is 10.8. The third kappa shape index (κ3) is 6.27. The summed E-state index contributed by atoms with van der Waals surface area (Å²) in [6.45, 7) is 4.75. The molecule has 186 valence electrons. The van der Waals surface area contributed by atoms with E-state index >= 15 is 0 Å². The Morgan fingerprint density at radius 1 is 1.09 bits per heavy atom. The van der Waals surface area contributed by atoms with Gasteiger partial charge >= 0.3 is 0 Å². The number of benzene rings is 2. The van der Waals surface area contributed by atoms with E-state index in [9.17, 15) is 4.79 Å². The number of methoxy groups -OCH3 is 3. The van der Waals surface area contributed by atoms with Crippen molar-refractivity contribution in [2.75, 3.05) is 46.4 Å². The van der Waals surface area contributed by atoms with Crippen molar-refractivity contribution in [3.63, 3.8) is 0 Å². The largest absolute Gasteiger partial charge is 0.493 e. The molecule has 0 aliphatic carbocycles. The third-order valence-corrected chi connectivity index (χ3v) is 6.78. The second kappa shape index (κ2) is 12.3. The van der Waals surface area contributed by atoms with E-state index in [1.165, 1.54) is 11.3 Å². The number of halogens is 2. The van der Waals surface area contributed by atoms with Gasteiger partial charge in [0.15, 0.2) is 16.6 Å². The Morgan fingerprint density at radius 3 is 2.46 bits per heavy atom. The maximum absolute atomic E-state index is 13.2. The van der Waals surface area contributed by atoms with Crippen molar-refractivity contribution in [2.45, 2.75) is 6.54 Å². The lowest BCUT2D eigenvalue weighted by atomic mass is 10.1. The van der Waals surface area contributed by atoms with Gasteiger partial charge in [-0.3, -0.25) is 14.6 Å². The molecular formula is C25H27Cl2N3O4S. The summed E-state index contributed by atoms with van der Waals surface area (Å²) in [5.41, 5.74) is 2.41. The molecule has 0 unspecified atom stereocenters. The zero-order chi connectivity index (χ0) is 25.5. The minimum atomic E-state index is -0.109. The molecule has 0 bridgehead atoms. The first-order chi connectivity index (χ1) is 16.8. The fraction of sp³-hybridized carbons (Fsp3) is 0.280. The molecule has 3 rings (SSSR count). The highest BCUT2D eigenvalue weighted by Gasteiger charge is 2.22. The van der Waals surface area contributed by atoms with E-state index in [0.717, 1.165) is 11.1 Å². The number of nitrogens with zero attached hydrogens (tertiary/aromatic N) is 3. The molecule has 0 saturated carbocycles. The fourth-order valence-corrected chi connectivity index (χ4v) is 4.70. The Balaban J connectivity index is 1.77. The van der Waals surface area contributed by atoms with Crippen LogP contribution in [0, 0.1) is 0 Å². The first-order valence-corrected chi connectivity index (χ1v) is 12.2. The number of amides is 1. The molecule has 1 aromatic heterocycles. The Morgan fingerprint density at radius 2 is 1.83 bits per heavy atom. The van der Waals surface area contributed by atoms with Gasteiger partial charge in [-0.15, -0.1) is 17.9 Å². The van der Waals surface area contributed by atoms with Crippen LogP contribution in [-0.4, -0.2) is 57.3 Å². The molecule has 0 fully saturated rings. The molecule has 0 spiro atoms. The quantitative estimate of drug-likeness (QED) is 0.289. The molecule has 10 heteroatoms. The van der Waals surface area contributed by atoms with Crippen LogP contribution in [0.2, 0.25) is 10.0 Å². The summed E-state index contributed by atoms with van der Waals surface area (Å²) in [5, 5.41) is 3.39. The van der Waals surface area contributed by atoms with Gasteiger partial charge in [0.05, 0.1) is 43.6 Å². The minimum absolute atomic E-state index is 0.109. The van der Waals surface area contributed by atoms with Crippen LogP contribution < -0.4 is 19.1 Å². The van der Waals surface area contributed by atoms with E-state index in [1.807, 2.05) is 35.5 Å². The Kier molecular flexibility index (Phi) is 9.40. The highest BCUT2D eigenvalue weighted by Crippen LogP contribution is 2.40. The van der Waals surface area contributed by atoms with Crippen molar-refractivity contribution in [1.29, 1.82) is 0 Å². The third-order valence-electron chi connectivity index (χ3n) is 5.18. The van der Waals surface area contributed by atoms with Gasteiger partial charge in [0, 0.05) is 29.6 Å². The van der Waals surface area contributed by atoms with E-state index in [-0.39, 0.29) is 12.5 Å². The molecule has 0 aliphatic heterocycles. The monoisotopic (exact) mass is 535 g/mol. The molecule has 0 radical (unpaired) electrons. The number of thiazole rings is 1. The Bertz CT molecular complexity index is 1200. The summed E-state index contributed by atoms with van der Waals surface area (Å²) in [4.78, 5) is 21.4. The van der Waals surface area contributed by atoms with Crippen molar-refractivity contribution in [3.8, 4) is 28.5 Å². The first kappa shape index (κ1) is 26.8. The molecule has 7 nitrogen and oxygen atoms in total. The van der Waals surface area contributed by atoms with E-state index in [0.29, 0.717) is 51.2 Å². The summed E-state index contributed by atoms with van der Waals surface area (Å²) in [6, 6.07) is 9.04. The molecule has 0 aliphatic rings. The highest BCUT2D eigenvalue weighted by atomic mass is 35.5. The Hall–Kier alpha value is -2.78. The van der Waals surface area contributed by atoms with Crippen LogP contribution in [-0.2, 0) is 11.3 Å². The summed E-state index contributed by atoms with van der Waals surface area (Å²) in [7, 11) is 6.57. The van der Waals surface area contributed by atoms with Gasteiger partial charge in [-0.05, 0) is 25.2 Å². The number of aromatic nitrogens is 1. The van der Waals surface area contributed by atoms with Crippen molar-refractivity contribution in [3.05, 3.63) is 64.0 Å². The summed E-state index contributed by atoms with van der Waals surface area (Å²) >= 11 is 13.6. The minimum Gasteiger partial charge on any atom is -0.493 e. The number of likely N-dealkylation sites (N-methyl/N-ethyl adjacent to an activating group) is 1. The van der Waals surface area contributed by atoms with Gasteiger partial charge in [0.2, 0.25) is 11.7 Å². The van der Waals surface area contributed by atoms with Gasteiger partial charge in [0.1, 0.15) is 0 Å². The van der Waals surface area contributed by atoms with Crippen LogP contribution in [0.4, 0.5) is 5.13 Å². The van der Waals surface area contributed by atoms with E-state index in [4.69, 9.17) is 37.4 Å². The smallest absolute Gasteiger partial charge is 0.243 e. The average molecular weight is 536 g/mol. The second-order valence-corrected chi connectivity index (χ2v) is 9.25. The molecular weight excluding hydrogens is 509 g/mol. The lowest BCUT2D eigenvalue weighted by Crippen LogP contribution is -2.39. The zero-order valence-corrected chi connectivity index (χ0v) is 22.3. The Labute approximate surface area is 219 Å². The zero-order valence-electron chi connectivity index (χ0n) is 20.0. The SMILES string of the molecule is C=CCN(C(=O)CN(C)Cc1ccc(OC)c(OC)c1OC)c1nc(-c2ccc(Cl)c(Cl)c2)cs1. The van der Waals surface area contributed by atoms with Crippen LogP contribution in [0.5, 0.6) is 17.2 Å². The van der Waals surface area contributed by atoms with Crippen LogP contribution in [0.25, 0.3) is 11.3 Å². The number of hydrogen-bond acceptors (Lipinski definition) is 7. The topological polar surface area (TPSA) is 64.1 Å². The highest BCUT2D eigenvalue weighted by molar-refractivity contribution is 7.14. The van der Waals surface area contributed by atoms with Gasteiger partial charge < -0.3 is 14.2 Å². The van der Waals surface area contributed by atoms with E-state index in [1.54, 1.807) is 44.4 Å². The molecule has 1 amide bonds. The summed E-state index contributed by atoms with van der Waals surface area (Å²) in [5.74, 6) is 1.55. The van der Waals surface area contributed by atoms with Crippen molar-refractivity contribution < 1.29 is 19.0 Å². The molecule has 0 N–H and O–H groups in total. The van der Waals surface area contributed by atoms with Crippen molar-refractivity contribution in [2.24, 2.45) is 0 Å². The van der Waals surface area contributed by atoms with Crippen LogP contribution in [0.3, 0.4) is 0 Å². The summed E-state index contributed by atoms with van der Waals surface area (Å²) < 4.78 is 16.4. The number of anilines is 1. The fourth-order valence-electron chi connectivity index (χ4n) is 3.54. The standard InChI is InChI=1S/C25H27Cl2N3O4S/c1-6-11-30(25-28-20(15-35-25)16-7-9-18(26)19(27)12-16)22(31)14-29(2)13-17-8-10-21(32-3)24(34-5)23(17)33-4/h6-10,12,15H,1,11,13-14H2,2-5H3. The number of carbonyl (C=O) groups excluding carboxylic acids is 1. The lowest BCUT2D eigenvalue weighted by Gasteiger charge is -2.23. The number of rotatable bonds is 11. The molecule has 1 heterocycles.